The molecular formula is C25H25FN7O3+. The molecular weight excluding hydrogens is 465 g/mol. The Morgan fingerprint density at radius 2 is 2.03 bits per heavy atom. The van der Waals surface area contributed by atoms with Gasteiger partial charge in [-0.15, -0.1) is 0 Å². The normalized spacial score (nSPS) is 14.2. The monoisotopic (exact) mass is 490 g/mol. The molecule has 0 atom stereocenters. The van der Waals surface area contributed by atoms with Gasteiger partial charge in [0, 0.05) is 29.8 Å². The zero-order valence-corrected chi connectivity index (χ0v) is 19.9. The highest BCUT2D eigenvalue weighted by molar-refractivity contribution is 6.00. The summed E-state index contributed by atoms with van der Waals surface area (Å²) >= 11 is 0. The minimum Gasteiger partial charge on any atom is -0.493 e. The summed E-state index contributed by atoms with van der Waals surface area (Å²) in [6, 6.07) is 9.66. The second-order valence-corrected chi connectivity index (χ2v) is 9.18. The molecule has 4 aromatic rings. The molecule has 3 heterocycles. The number of fused-ring (bicyclic) bond motifs is 2. The Morgan fingerprint density at radius 3 is 2.78 bits per heavy atom. The molecule has 0 unspecified atom stereocenters. The lowest BCUT2D eigenvalue weighted by atomic mass is 9.78. The Balaban J connectivity index is 1.56. The van der Waals surface area contributed by atoms with Gasteiger partial charge in [-0.3, -0.25) is 19.9 Å². The van der Waals surface area contributed by atoms with Crippen LogP contribution < -0.4 is 31.4 Å². The van der Waals surface area contributed by atoms with E-state index in [1.165, 1.54) is 12.1 Å². The van der Waals surface area contributed by atoms with Crippen LogP contribution in [0.1, 0.15) is 36.2 Å². The van der Waals surface area contributed by atoms with Crippen molar-refractivity contribution in [3.63, 3.8) is 0 Å². The van der Waals surface area contributed by atoms with Gasteiger partial charge in [0.2, 0.25) is 17.4 Å². The highest BCUT2D eigenvalue weighted by atomic mass is 19.1. The number of halogens is 1. The van der Waals surface area contributed by atoms with E-state index in [9.17, 15) is 14.0 Å². The van der Waals surface area contributed by atoms with Crippen molar-refractivity contribution in [1.29, 1.82) is 0 Å². The number of methoxy groups -OCH3 is 1. The number of carbonyl (C=O) groups is 2. The fourth-order valence-corrected chi connectivity index (χ4v) is 4.48. The second kappa shape index (κ2) is 8.52. The zero-order chi connectivity index (χ0) is 25.6. The van der Waals surface area contributed by atoms with Crippen LogP contribution in [0.2, 0.25) is 0 Å². The van der Waals surface area contributed by atoms with Crippen LogP contribution in [-0.2, 0) is 10.2 Å². The quantitative estimate of drug-likeness (QED) is 0.278. The van der Waals surface area contributed by atoms with E-state index in [-0.39, 0.29) is 22.6 Å². The first-order valence-electron chi connectivity index (χ1n) is 11.2. The molecule has 184 valence electrons. The summed E-state index contributed by atoms with van der Waals surface area (Å²) in [4.78, 5) is 35.0. The van der Waals surface area contributed by atoms with Gasteiger partial charge in [0.05, 0.1) is 23.7 Å². The fourth-order valence-electron chi connectivity index (χ4n) is 4.48. The van der Waals surface area contributed by atoms with Gasteiger partial charge in [-0.05, 0) is 29.8 Å². The zero-order valence-electron chi connectivity index (χ0n) is 19.9. The van der Waals surface area contributed by atoms with Crippen LogP contribution in [0.25, 0.3) is 11.0 Å². The number of nitrogens with one attached hydrogen (secondary N) is 5. The lowest BCUT2D eigenvalue weighted by Crippen LogP contribution is -2.32. The predicted octanol–water partition coefficient (Wildman–Crippen LogP) is 3.73. The maximum atomic E-state index is 14.3. The van der Waals surface area contributed by atoms with Crippen molar-refractivity contribution in [1.82, 2.24) is 9.97 Å². The third-order valence-corrected chi connectivity index (χ3v) is 6.18. The Labute approximate surface area is 205 Å². The van der Waals surface area contributed by atoms with Crippen molar-refractivity contribution < 1.29 is 23.7 Å². The molecule has 1 aliphatic heterocycles. The highest BCUT2D eigenvalue weighted by Crippen LogP contribution is 2.43. The maximum Gasteiger partial charge on any atom is 0.351 e. The molecule has 0 saturated heterocycles. The minimum atomic E-state index is -0.898. The smallest absolute Gasteiger partial charge is 0.351 e. The van der Waals surface area contributed by atoms with Crippen molar-refractivity contribution in [2.24, 2.45) is 5.73 Å². The van der Waals surface area contributed by atoms with Crippen LogP contribution in [0.3, 0.4) is 0 Å². The Morgan fingerprint density at radius 1 is 1.22 bits per heavy atom. The molecule has 1 aliphatic rings. The van der Waals surface area contributed by atoms with Gasteiger partial charge in [-0.25, -0.2) is 9.37 Å². The molecule has 36 heavy (non-hydrogen) atoms. The van der Waals surface area contributed by atoms with Gasteiger partial charge in [0.1, 0.15) is 11.5 Å². The van der Waals surface area contributed by atoms with E-state index in [0.717, 1.165) is 5.56 Å². The molecule has 2 amide bonds. The van der Waals surface area contributed by atoms with Crippen LogP contribution in [0.4, 0.5) is 33.2 Å². The number of nitrogens with zero attached hydrogens (tertiary/aromatic N) is 1. The van der Waals surface area contributed by atoms with Gasteiger partial charge >= 0.3 is 5.95 Å². The number of ether oxygens (including phenoxy) is 1. The van der Waals surface area contributed by atoms with E-state index in [2.05, 4.69) is 30.9 Å². The molecule has 2 aromatic heterocycles. The third-order valence-electron chi connectivity index (χ3n) is 6.18. The number of nitrogens with two attached hydrogens (primary N) is 1. The average Bonchev–Trinajstić information content (AvgIpc) is 3.27. The number of aromatic nitrogens is 3. The fraction of sp³-hybridized carbons (Fsp3) is 0.200. The minimum absolute atomic E-state index is 0.0621. The lowest BCUT2D eigenvalue weighted by molar-refractivity contribution is -0.333. The molecule has 0 saturated carbocycles. The standard InChI is InChI=1S/C25H24FN7O3/c1-25(2)11-19(34)29-16-10-17(18(36-3)9-13(16)25)31-24-32-22-12(7-8-28-22)23(33-24)30-15-6-4-5-14(26)20(15)21(27)35/h4-10H,11H2,1-3H3,(H2,27,35)(H,29,34)(H3,28,30,31,32,33)/p+1. The number of benzene rings is 2. The number of carbonyl (C=O) groups excluding carboxylic acids is 2. The summed E-state index contributed by atoms with van der Waals surface area (Å²) in [5.74, 6) is -0.451. The van der Waals surface area contributed by atoms with Crippen molar-refractivity contribution in [3.8, 4) is 5.75 Å². The summed E-state index contributed by atoms with van der Waals surface area (Å²) in [6.07, 6.45) is 2.09. The van der Waals surface area contributed by atoms with Crippen LogP contribution in [-0.4, -0.2) is 28.9 Å². The van der Waals surface area contributed by atoms with E-state index in [1.54, 1.807) is 31.5 Å². The van der Waals surface area contributed by atoms with Gasteiger partial charge < -0.3 is 21.1 Å². The van der Waals surface area contributed by atoms with Gasteiger partial charge in [0.25, 0.3) is 5.91 Å². The predicted molar refractivity (Wildman–Crippen MR) is 133 cm³/mol. The first-order valence-corrected chi connectivity index (χ1v) is 11.2. The van der Waals surface area contributed by atoms with Crippen molar-refractivity contribution in [3.05, 3.63) is 59.5 Å². The van der Waals surface area contributed by atoms with Gasteiger partial charge in [-0.2, -0.15) is 0 Å². The molecule has 0 aliphatic carbocycles. The molecule has 10 nitrogen and oxygen atoms in total. The highest BCUT2D eigenvalue weighted by Gasteiger charge is 2.33. The number of hydrogen-bond donors (Lipinski definition) is 5. The van der Waals surface area contributed by atoms with Crippen LogP contribution >= 0.6 is 0 Å². The van der Waals surface area contributed by atoms with E-state index in [0.29, 0.717) is 46.3 Å². The number of amides is 2. The van der Waals surface area contributed by atoms with Gasteiger partial charge in [-0.1, -0.05) is 24.9 Å². The number of aromatic amines is 2. The van der Waals surface area contributed by atoms with E-state index >= 15 is 0 Å². The van der Waals surface area contributed by atoms with Crippen molar-refractivity contribution in [2.45, 2.75) is 25.7 Å². The number of H-pyrrole nitrogens is 2. The number of primary amides is 1. The lowest BCUT2D eigenvalue weighted by Gasteiger charge is -2.32. The van der Waals surface area contributed by atoms with Crippen LogP contribution in [0.15, 0.2) is 42.6 Å². The third kappa shape index (κ3) is 4.04. The summed E-state index contributed by atoms with van der Waals surface area (Å²) in [7, 11) is 1.56. The molecule has 5 rings (SSSR count). The molecule has 2 aromatic carbocycles. The van der Waals surface area contributed by atoms with Crippen LogP contribution in [0.5, 0.6) is 5.75 Å². The number of anilines is 5. The van der Waals surface area contributed by atoms with E-state index < -0.39 is 11.7 Å². The molecule has 0 radical (unpaired) electrons. The topological polar surface area (TPSA) is 148 Å². The first kappa shape index (κ1) is 23.1. The summed E-state index contributed by atoms with van der Waals surface area (Å²) in [5, 5.41) is 9.82. The summed E-state index contributed by atoms with van der Waals surface area (Å²) < 4.78 is 19.9. The molecule has 0 spiro atoms. The Bertz CT molecular complexity index is 1530. The Hall–Kier alpha value is -4.67. The SMILES string of the molecule is COc1cc2c(cc1Nc1nc(Nc3cccc(F)c3C(N)=O)c3cc[nH]c3[nH+]1)NC(=O)CC2(C)C. The maximum absolute atomic E-state index is 14.3. The van der Waals surface area contributed by atoms with E-state index in [1.807, 2.05) is 19.9 Å². The first-order chi connectivity index (χ1) is 17.2. The number of hydrogen-bond acceptors (Lipinski definition) is 6. The molecule has 11 heteroatoms. The van der Waals surface area contributed by atoms with Gasteiger partial charge in [0.15, 0.2) is 5.75 Å². The summed E-state index contributed by atoms with van der Waals surface area (Å²) in [5.41, 5.74) is 7.82. The van der Waals surface area contributed by atoms with Crippen molar-refractivity contribution >= 4 is 51.7 Å². The molecule has 7 N–H and O–H groups in total. The van der Waals surface area contributed by atoms with Crippen molar-refractivity contribution in [2.75, 3.05) is 23.1 Å². The molecule has 0 fully saturated rings. The molecule has 0 bridgehead atoms. The Kier molecular flexibility index (Phi) is 5.47. The second-order valence-electron chi connectivity index (χ2n) is 9.18. The average molecular weight is 491 g/mol. The van der Waals surface area contributed by atoms with E-state index in [4.69, 9.17) is 10.5 Å². The largest absolute Gasteiger partial charge is 0.493 e. The van der Waals surface area contributed by atoms with Crippen LogP contribution in [0, 0.1) is 5.82 Å². The summed E-state index contributed by atoms with van der Waals surface area (Å²) in [6.45, 7) is 4.02. The number of rotatable bonds is 6.